The normalized spacial score (nSPS) is 15.8. The van der Waals surface area contributed by atoms with E-state index in [2.05, 4.69) is 9.47 Å². The summed E-state index contributed by atoms with van der Waals surface area (Å²) in [6, 6.07) is 3.01. The average molecular weight is 612 g/mol. The Labute approximate surface area is 205 Å². The van der Waals surface area contributed by atoms with E-state index in [0.717, 1.165) is 19.1 Å². The molecule has 0 aliphatic heterocycles. The van der Waals surface area contributed by atoms with Crippen molar-refractivity contribution < 1.29 is 88.9 Å². The minimum absolute atomic E-state index is 0.289. The molecule has 1 rings (SSSR count). The lowest BCUT2D eigenvalue weighted by Crippen LogP contribution is -2.74. The fourth-order valence-electron chi connectivity index (χ4n) is 2.81. The molecule has 0 amide bonds. The molecule has 20 heteroatoms. The van der Waals surface area contributed by atoms with Gasteiger partial charge in [0.05, 0.1) is 6.10 Å². The summed E-state index contributed by atoms with van der Waals surface area (Å²) < 4.78 is 236. The Morgan fingerprint density at radius 3 is 1.33 bits per heavy atom. The van der Waals surface area contributed by atoms with Crippen molar-refractivity contribution in [3.63, 3.8) is 0 Å². The van der Waals surface area contributed by atoms with Crippen molar-refractivity contribution in [1.82, 2.24) is 0 Å². The minimum Gasteiger partial charge on any atom is -0.427 e. The van der Waals surface area contributed by atoms with Crippen molar-refractivity contribution >= 4 is 5.97 Å². The molecular weight excluding hydrogens is 599 g/mol. The SMILES string of the molecule is COC(CC(F)(F)C(F)(F)C(F)(F)C(F)(F)C(F)(F)C(F)(F)C(F)(F)C(F)(F)F)c1ccc(OC(C)=O)cc1. The van der Waals surface area contributed by atoms with Gasteiger partial charge in [-0.2, -0.15) is 74.6 Å². The molecule has 0 fully saturated rings. The summed E-state index contributed by atoms with van der Waals surface area (Å²) in [4.78, 5) is 10.8. The van der Waals surface area contributed by atoms with Gasteiger partial charge in [0.2, 0.25) is 0 Å². The summed E-state index contributed by atoms with van der Waals surface area (Å²) in [7, 11) is 0.472. The molecule has 1 atom stereocenters. The van der Waals surface area contributed by atoms with E-state index >= 15 is 0 Å². The zero-order valence-electron chi connectivity index (χ0n) is 18.7. The van der Waals surface area contributed by atoms with E-state index in [9.17, 15) is 79.4 Å². The third-order valence-electron chi connectivity index (χ3n) is 5.03. The van der Waals surface area contributed by atoms with E-state index < -0.39 is 71.7 Å². The third kappa shape index (κ3) is 5.44. The molecule has 1 aromatic rings. The van der Waals surface area contributed by atoms with Crippen LogP contribution in [-0.4, -0.2) is 60.7 Å². The number of ether oxygens (including phenoxy) is 2. The van der Waals surface area contributed by atoms with Crippen molar-refractivity contribution in [2.75, 3.05) is 7.11 Å². The first-order chi connectivity index (χ1) is 17.1. The largest absolute Gasteiger partial charge is 0.460 e. The van der Waals surface area contributed by atoms with Gasteiger partial charge in [0, 0.05) is 20.5 Å². The molecule has 1 unspecified atom stereocenters. The molecule has 0 saturated heterocycles. The topological polar surface area (TPSA) is 35.5 Å². The molecule has 226 valence electrons. The van der Waals surface area contributed by atoms with Crippen LogP contribution in [0.1, 0.15) is 25.0 Å². The summed E-state index contributed by atoms with van der Waals surface area (Å²) in [5.41, 5.74) is -0.638. The second kappa shape index (κ2) is 10.1. The van der Waals surface area contributed by atoms with E-state index in [1.54, 1.807) is 0 Å². The molecule has 39 heavy (non-hydrogen) atoms. The first-order valence-electron chi connectivity index (χ1n) is 9.59. The number of benzene rings is 1. The average Bonchev–Trinajstić information content (AvgIpc) is 2.76. The van der Waals surface area contributed by atoms with Crippen LogP contribution < -0.4 is 4.74 Å². The summed E-state index contributed by atoms with van der Waals surface area (Å²) in [6.07, 6.45) is -13.1. The zero-order valence-corrected chi connectivity index (χ0v) is 18.7. The van der Waals surface area contributed by atoms with Crippen molar-refractivity contribution in [2.24, 2.45) is 0 Å². The lowest BCUT2D eigenvalue weighted by molar-refractivity contribution is -0.462. The Balaban J connectivity index is 3.51. The fourth-order valence-corrected chi connectivity index (χ4v) is 2.81. The van der Waals surface area contributed by atoms with Crippen LogP contribution in [0.4, 0.5) is 74.6 Å². The van der Waals surface area contributed by atoms with Crippen molar-refractivity contribution in [3.8, 4) is 5.75 Å². The molecule has 0 radical (unpaired) electrons. The minimum atomic E-state index is -8.69. The second-order valence-electron chi connectivity index (χ2n) is 7.74. The van der Waals surface area contributed by atoms with Crippen molar-refractivity contribution in [1.29, 1.82) is 0 Å². The van der Waals surface area contributed by atoms with Crippen LogP contribution in [0.15, 0.2) is 24.3 Å². The lowest BCUT2D eigenvalue weighted by Gasteiger charge is -2.43. The predicted octanol–water partition coefficient (Wildman–Crippen LogP) is 7.70. The highest BCUT2D eigenvalue weighted by atomic mass is 19.4. The molecule has 0 aliphatic carbocycles. The number of methoxy groups -OCH3 is 1. The van der Waals surface area contributed by atoms with E-state index in [1.165, 1.54) is 0 Å². The first kappa shape index (κ1) is 34.5. The van der Waals surface area contributed by atoms with Gasteiger partial charge in [-0.3, -0.25) is 4.79 Å². The Hall–Kier alpha value is -2.54. The van der Waals surface area contributed by atoms with Gasteiger partial charge in [-0.25, -0.2) is 0 Å². The van der Waals surface area contributed by atoms with Crippen LogP contribution in [-0.2, 0) is 9.53 Å². The molecule has 0 aliphatic rings. The molecule has 0 aromatic heterocycles. The van der Waals surface area contributed by atoms with Gasteiger partial charge in [0.1, 0.15) is 5.75 Å². The molecule has 0 bridgehead atoms. The van der Waals surface area contributed by atoms with Crippen LogP contribution in [0.5, 0.6) is 5.75 Å². The van der Waals surface area contributed by atoms with Crippen LogP contribution in [0, 0.1) is 0 Å². The van der Waals surface area contributed by atoms with E-state index in [-0.39, 0.29) is 5.75 Å². The third-order valence-corrected chi connectivity index (χ3v) is 5.03. The number of halogens is 17. The van der Waals surface area contributed by atoms with E-state index in [4.69, 9.17) is 0 Å². The maximum Gasteiger partial charge on any atom is 0.460 e. The van der Waals surface area contributed by atoms with Gasteiger partial charge in [-0.1, -0.05) is 12.1 Å². The molecular formula is C19H13F17O3. The number of rotatable bonds is 11. The van der Waals surface area contributed by atoms with Gasteiger partial charge < -0.3 is 9.47 Å². The molecule has 1 aromatic carbocycles. The van der Waals surface area contributed by atoms with Gasteiger partial charge >= 0.3 is 53.6 Å². The summed E-state index contributed by atoms with van der Waals surface area (Å²) >= 11 is 0. The number of alkyl halides is 17. The van der Waals surface area contributed by atoms with Crippen LogP contribution in [0.3, 0.4) is 0 Å². The number of hydrogen-bond acceptors (Lipinski definition) is 3. The van der Waals surface area contributed by atoms with Crippen molar-refractivity contribution in [2.45, 2.75) is 67.1 Å². The standard InChI is InChI=1S/C19H13F17O3/c1-8(37)39-10-5-3-9(4-6-10)11(38-2)7-12(20,21)13(22,23)14(24,25)15(26,27)16(28,29)17(30,31)18(32,33)19(34,35)36/h3-6,11H,7H2,1-2H3. The number of hydrogen-bond donors (Lipinski definition) is 0. The highest BCUT2D eigenvalue weighted by molar-refractivity contribution is 5.69. The maximum absolute atomic E-state index is 14.2. The predicted molar refractivity (Wildman–Crippen MR) is 92.8 cm³/mol. The molecule has 0 spiro atoms. The van der Waals surface area contributed by atoms with E-state index in [0.29, 0.717) is 19.2 Å². The smallest absolute Gasteiger partial charge is 0.427 e. The summed E-state index contributed by atoms with van der Waals surface area (Å²) in [5, 5.41) is 0. The molecule has 0 heterocycles. The monoisotopic (exact) mass is 612 g/mol. The van der Waals surface area contributed by atoms with Crippen LogP contribution in [0.2, 0.25) is 0 Å². The fraction of sp³-hybridized carbons (Fsp3) is 0.632. The quantitative estimate of drug-likeness (QED) is 0.146. The van der Waals surface area contributed by atoms with Crippen LogP contribution in [0.25, 0.3) is 0 Å². The first-order valence-corrected chi connectivity index (χ1v) is 9.59. The summed E-state index contributed by atoms with van der Waals surface area (Å²) in [6.45, 7) is 0.911. The van der Waals surface area contributed by atoms with Crippen LogP contribution >= 0.6 is 0 Å². The van der Waals surface area contributed by atoms with E-state index in [1.807, 2.05) is 0 Å². The highest BCUT2D eigenvalue weighted by Crippen LogP contribution is 2.64. The number of carbonyl (C=O) groups excluding carboxylic acids is 1. The second-order valence-corrected chi connectivity index (χ2v) is 7.74. The van der Waals surface area contributed by atoms with Gasteiger partial charge in [-0.05, 0) is 17.7 Å². The molecule has 3 nitrogen and oxygen atoms in total. The Morgan fingerprint density at radius 1 is 0.641 bits per heavy atom. The number of carbonyl (C=O) groups is 1. The number of esters is 1. The summed E-state index contributed by atoms with van der Waals surface area (Å²) in [5.74, 6) is -58.1. The van der Waals surface area contributed by atoms with Gasteiger partial charge in [0.25, 0.3) is 0 Å². The zero-order chi connectivity index (χ0) is 31.3. The molecule has 0 saturated carbocycles. The Bertz CT molecular complexity index is 1020. The van der Waals surface area contributed by atoms with Gasteiger partial charge in [-0.15, -0.1) is 0 Å². The van der Waals surface area contributed by atoms with Crippen molar-refractivity contribution in [3.05, 3.63) is 29.8 Å². The lowest BCUT2D eigenvalue weighted by atomic mass is 9.87. The Morgan fingerprint density at radius 2 is 1.00 bits per heavy atom. The maximum atomic E-state index is 14.2. The molecule has 0 N–H and O–H groups in total. The Kier molecular flexibility index (Phi) is 8.96. The highest BCUT2D eigenvalue weighted by Gasteiger charge is 2.95. The van der Waals surface area contributed by atoms with Gasteiger partial charge in [0.15, 0.2) is 0 Å².